The van der Waals surface area contributed by atoms with Crippen molar-refractivity contribution in [2.24, 2.45) is 0 Å². The van der Waals surface area contributed by atoms with Gasteiger partial charge < -0.3 is 26.2 Å². The van der Waals surface area contributed by atoms with Gasteiger partial charge in [0.15, 0.2) is 5.54 Å². The van der Waals surface area contributed by atoms with Crippen LogP contribution in [0, 0.1) is 0 Å². The van der Waals surface area contributed by atoms with Gasteiger partial charge in [-0.1, -0.05) is 43.7 Å². The summed E-state index contributed by atoms with van der Waals surface area (Å²) in [5.41, 5.74) is 0.486. The number of hydrogen-bond donors (Lipinski definition) is 0. The van der Waals surface area contributed by atoms with Crippen LogP contribution in [0.5, 0.6) is 0 Å². The third kappa shape index (κ3) is 5.44. The Labute approximate surface area is 139 Å². The molecule has 0 N–H and O–H groups in total. The molecule has 0 amide bonds. The van der Waals surface area contributed by atoms with Crippen LogP contribution in [0.1, 0.15) is 39.2 Å². The minimum Gasteiger partial charge on any atom is -1.00 e. The van der Waals surface area contributed by atoms with E-state index in [0.717, 1.165) is 24.9 Å². The molecule has 1 aromatic carbocycles. The molecule has 120 valence electrons. The number of esters is 1. The van der Waals surface area contributed by atoms with Crippen LogP contribution in [-0.4, -0.2) is 36.6 Å². The number of carbonyl (C=O) groups is 1. The fraction of sp³-hybridized carbons (Fsp3) is 0.588. The molecule has 0 radical (unpaired) electrons. The van der Waals surface area contributed by atoms with Crippen LogP contribution in [0.4, 0.5) is 0 Å². The molecule has 0 aliphatic carbocycles. The average molecular weight is 358 g/mol. The summed E-state index contributed by atoms with van der Waals surface area (Å²) in [4.78, 5) is 12.4. The van der Waals surface area contributed by atoms with Gasteiger partial charge in [0.05, 0.1) is 20.6 Å². The van der Waals surface area contributed by atoms with Crippen LogP contribution >= 0.6 is 0 Å². The van der Waals surface area contributed by atoms with Crippen molar-refractivity contribution < 1.29 is 31.0 Å². The van der Waals surface area contributed by atoms with Crippen molar-refractivity contribution in [1.29, 1.82) is 0 Å². The number of quaternary nitrogens is 1. The molecule has 0 saturated carbocycles. The van der Waals surface area contributed by atoms with Crippen molar-refractivity contribution in [3.8, 4) is 0 Å². The average Bonchev–Trinajstić information content (AvgIpc) is 2.43. The van der Waals surface area contributed by atoms with Gasteiger partial charge in [0.1, 0.15) is 6.61 Å². The van der Waals surface area contributed by atoms with Crippen molar-refractivity contribution in [3.63, 3.8) is 0 Å². The van der Waals surface area contributed by atoms with Gasteiger partial charge in [-0.2, -0.15) is 0 Å². The molecule has 1 rings (SSSR count). The first-order valence-corrected chi connectivity index (χ1v) is 7.35. The fourth-order valence-corrected chi connectivity index (χ4v) is 1.98. The molecule has 4 heteroatoms. The van der Waals surface area contributed by atoms with Gasteiger partial charge >= 0.3 is 5.97 Å². The summed E-state index contributed by atoms with van der Waals surface area (Å²) in [6.45, 7) is 7.42. The second kappa shape index (κ2) is 8.54. The summed E-state index contributed by atoms with van der Waals surface area (Å²) in [7, 11) is 4.19. The van der Waals surface area contributed by atoms with E-state index in [0.29, 0.717) is 11.1 Å². The summed E-state index contributed by atoms with van der Waals surface area (Å²) < 4.78 is 6.15. The largest absolute Gasteiger partial charge is 1.00 e. The number of ether oxygens (including phenoxy) is 1. The van der Waals surface area contributed by atoms with E-state index in [2.05, 4.69) is 21.0 Å². The Morgan fingerprint density at radius 1 is 1.19 bits per heavy atom. The summed E-state index contributed by atoms with van der Waals surface area (Å²) in [6, 6.07) is 9.81. The quantitative estimate of drug-likeness (QED) is 0.521. The molecule has 0 unspecified atom stereocenters. The molecule has 0 spiro atoms. The predicted octanol–water partition coefficient (Wildman–Crippen LogP) is 0.389. The Morgan fingerprint density at radius 2 is 1.76 bits per heavy atom. The first-order valence-electron chi connectivity index (χ1n) is 7.35. The predicted molar refractivity (Wildman–Crippen MR) is 82.2 cm³/mol. The van der Waals surface area contributed by atoms with Crippen molar-refractivity contribution in [2.75, 3.05) is 20.6 Å². The zero-order valence-electron chi connectivity index (χ0n) is 13.9. The Kier molecular flexibility index (Phi) is 8.19. The molecule has 0 aromatic heterocycles. The van der Waals surface area contributed by atoms with Crippen LogP contribution in [0.2, 0.25) is 0 Å². The van der Waals surface area contributed by atoms with Crippen molar-refractivity contribution in [3.05, 3.63) is 35.9 Å². The van der Waals surface area contributed by atoms with Crippen molar-refractivity contribution >= 4 is 5.97 Å². The van der Waals surface area contributed by atoms with E-state index in [1.165, 1.54) is 0 Å². The summed E-state index contributed by atoms with van der Waals surface area (Å²) in [6.07, 6.45) is 2.25. The summed E-state index contributed by atoms with van der Waals surface area (Å²) in [5.74, 6) is -0.137. The van der Waals surface area contributed by atoms with Gasteiger partial charge in [-0.15, -0.1) is 0 Å². The zero-order valence-corrected chi connectivity index (χ0v) is 15.4. The topological polar surface area (TPSA) is 26.3 Å². The SMILES string of the molecule is CCCC[N+](C)(C)C(C)(C)C(=O)OCc1ccccc1.[Br-]. The third-order valence-electron chi connectivity index (χ3n) is 4.30. The van der Waals surface area contributed by atoms with Gasteiger partial charge in [-0.3, -0.25) is 0 Å². The monoisotopic (exact) mass is 357 g/mol. The number of benzene rings is 1. The molecule has 0 bridgehead atoms. The smallest absolute Gasteiger partial charge is 0.367 e. The highest BCUT2D eigenvalue weighted by Gasteiger charge is 2.44. The highest BCUT2D eigenvalue weighted by atomic mass is 79.9. The fourth-order valence-electron chi connectivity index (χ4n) is 1.98. The Bertz CT molecular complexity index is 430. The Hall–Kier alpha value is -0.870. The summed E-state index contributed by atoms with van der Waals surface area (Å²) in [5, 5.41) is 0. The van der Waals surface area contributed by atoms with E-state index < -0.39 is 5.54 Å². The van der Waals surface area contributed by atoms with Gasteiger partial charge in [0, 0.05) is 13.8 Å². The number of nitrogens with zero attached hydrogens (tertiary/aromatic N) is 1. The number of unbranched alkanes of at least 4 members (excludes halogenated alkanes) is 1. The maximum absolute atomic E-state index is 12.4. The lowest BCUT2D eigenvalue weighted by Gasteiger charge is -2.42. The molecule has 21 heavy (non-hydrogen) atoms. The highest BCUT2D eigenvalue weighted by molar-refractivity contribution is 5.78. The van der Waals surface area contributed by atoms with E-state index in [1.807, 2.05) is 44.2 Å². The van der Waals surface area contributed by atoms with Gasteiger partial charge in [0.2, 0.25) is 0 Å². The molecule has 0 atom stereocenters. The Morgan fingerprint density at radius 3 is 2.29 bits per heavy atom. The lowest BCUT2D eigenvalue weighted by Crippen LogP contribution is -3.00. The maximum atomic E-state index is 12.4. The molecular formula is C17H28BrNO2. The second-order valence-electron chi connectivity index (χ2n) is 6.38. The lowest BCUT2D eigenvalue weighted by atomic mass is 10.00. The van der Waals surface area contributed by atoms with Crippen molar-refractivity contribution in [1.82, 2.24) is 0 Å². The number of halogens is 1. The normalized spacial score (nSPS) is 11.7. The standard InChI is InChI=1S/C17H28NO2.BrH/c1-6-7-13-18(4,5)17(2,3)16(19)20-14-15-11-9-8-10-12-15;/h8-12H,6-7,13-14H2,1-5H3;1H/q+1;/p-1. The molecule has 0 aliphatic heterocycles. The third-order valence-corrected chi connectivity index (χ3v) is 4.30. The van der Waals surface area contributed by atoms with E-state index in [9.17, 15) is 4.79 Å². The first kappa shape index (κ1) is 20.1. The van der Waals surface area contributed by atoms with Crippen LogP contribution < -0.4 is 17.0 Å². The minimum atomic E-state index is -0.538. The number of likely N-dealkylation sites (N-methyl/N-ethyl adjacent to an activating group) is 1. The molecular weight excluding hydrogens is 330 g/mol. The number of carbonyl (C=O) groups excluding carboxylic acids is 1. The van der Waals surface area contributed by atoms with Crippen LogP contribution in [-0.2, 0) is 16.1 Å². The molecule has 3 nitrogen and oxygen atoms in total. The van der Waals surface area contributed by atoms with Gasteiger partial charge in [-0.25, -0.2) is 4.79 Å². The van der Waals surface area contributed by atoms with Crippen LogP contribution in [0.15, 0.2) is 30.3 Å². The lowest BCUT2D eigenvalue weighted by molar-refractivity contribution is -0.928. The van der Waals surface area contributed by atoms with E-state index in [4.69, 9.17) is 4.74 Å². The molecule has 1 aromatic rings. The molecule has 0 fully saturated rings. The first-order chi connectivity index (χ1) is 9.31. The summed E-state index contributed by atoms with van der Waals surface area (Å²) >= 11 is 0. The van der Waals surface area contributed by atoms with E-state index >= 15 is 0 Å². The van der Waals surface area contributed by atoms with Gasteiger partial charge in [0.25, 0.3) is 0 Å². The van der Waals surface area contributed by atoms with Crippen LogP contribution in [0.3, 0.4) is 0 Å². The number of hydrogen-bond acceptors (Lipinski definition) is 2. The number of rotatable bonds is 7. The zero-order chi connectivity index (χ0) is 15.2. The highest BCUT2D eigenvalue weighted by Crippen LogP contribution is 2.23. The van der Waals surface area contributed by atoms with Crippen LogP contribution in [0.25, 0.3) is 0 Å². The van der Waals surface area contributed by atoms with E-state index in [1.54, 1.807) is 0 Å². The van der Waals surface area contributed by atoms with Gasteiger partial charge in [-0.05, 0) is 12.0 Å². The molecule has 0 heterocycles. The Balaban J connectivity index is 0.00000400. The second-order valence-corrected chi connectivity index (χ2v) is 6.38. The maximum Gasteiger partial charge on any atom is 0.367 e. The van der Waals surface area contributed by atoms with Crippen molar-refractivity contribution in [2.45, 2.75) is 45.8 Å². The molecule has 0 saturated heterocycles. The minimum absolute atomic E-state index is 0. The van der Waals surface area contributed by atoms with E-state index in [-0.39, 0.29) is 23.0 Å². The molecule has 0 aliphatic rings.